The summed E-state index contributed by atoms with van der Waals surface area (Å²) < 4.78 is 0. The molecule has 1 unspecified atom stereocenters. The number of nitrogens with one attached hydrogen (secondary N) is 1. The van der Waals surface area contributed by atoms with E-state index in [1.54, 1.807) is 12.1 Å². The fourth-order valence-electron chi connectivity index (χ4n) is 2.36. The van der Waals surface area contributed by atoms with Crippen LogP contribution in [-0.2, 0) is 0 Å². The third kappa shape index (κ3) is 3.31. The molecule has 2 rings (SSSR count). The van der Waals surface area contributed by atoms with E-state index < -0.39 is 5.97 Å². The lowest BCUT2D eigenvalue weighted by Crippen LogP contribution is -2.44. The van der Waals surface area contributed by atoms with Crippen LogP contribution in [0.15, 0.2) is 24.3 Å². The first-order valence-electron chi connectivity index (χ1n) is 6.43. The van der Waals surface area contributed by atoms with E-state index in [0.29, 0.717) is 11.5 Å². The molecule has 0 aliphatic carbocycles. The van der Waals surface area contributed by atoms with Crippen LogP contribution in [0.5, 0.6) is 0 Å². The molecule has 0 aromatic heterocycles. The number of carboxylic acids is 1. The number of hydrogen-bond donors (Lipinski definition) is 2. The zero-order valence-electron chi connectivity index (χ0n) is 10.7. The molecule has 1 fully saturated rings. The van der Waals surface area contributed by atoms with Crippen LogP contribution < -0.4 is 5.32 Å². The Balaban J connectivity index is 2.01. The van der Waals surface area contributed by atoms with E-state index in [-0.39, 0.29) is 0 Å². The summed E-state index contributed by atoms with van der Waals surface area (Å²) in [6.45, 7) is 7.38. The molecular weight excluding hydrogens is 228 g/mol. The number of carboxylic acid groups (broad SMARTS) is 1. The van der Waals surface area contributed by atoms with Crippen LogP contribution in [0.3, 0.4) is 0 Å². The standard InChI is InChI=1S/C14H20N2O2/c1-11(10-16-7-5-15-6-8-16)12-3-2-4-13(9-12)14(17)18/h2-4,9,11,15H,5-8,10H2,1H3,(H,17,18). The fourth-order valence-corrected chi connectivity index (χ4v) is 2.36. The predicted octanol–water partition coefficient (Wildman–Crippen LogP) is 1.39. The smallest absolute Gasteiger partial charge is 0.335 e. The van der Waals surface area contributed by atoms with Gasteiger partial charge in [0, 0.05) is 32.7 Å². The number of hydrogen-bond acceptors (Lipinski definition) is 3. The quantitative estimate of drug-likeness (QED) is 0.845. The molecule has 1 aromatic rings. The fraction of sp³-hybridized carbons (Fsp3) is 0.500. The van der Waals surface area contributed by atoms with Gasteiger partial charge in [-0.05, 0) is 23.6 Å². The monoisotopic (exact) mass is 248 g/mol. The maximum Gasteiger partial charge on any atom is 0.335 e. The predicted molar refractivity (Wildman–Crippen MR) is 71.1 cm³/mol. The molecule has 1 aliphatic heterocycles. The van der Waals surface area contributed by atoms with Crippen LogP contribution >= 0.6 is 0 Å². The van der Waals surface area contributed by atoms with E-state index in [1.165, 1.54) is 0 Å². The summed E-state index contributed by atoms with van der Waals surface area (Å²) in [5.41, 5.74) is 1.48. The number of aromatic carboxylic acids is 1. The molecule has 1 saturated heterocycles. The van der Waals surface area contributed by atoms with Crippen molar-refractivity contribution in [2.24, 2.45) is 0 Å². The van der Waals surface area contributed by atoms with Crippen molar-refractivity contribution in [1.29, 1.82) is 0 Å². The molecule has 98 valence electrons. The molecule has 1 aliphatic rings. The molecule has 0 radical (unpaired) electrons. The van der Waals surface area contributed by atoms with Gasteiger partial charge in [0.1, 0.15) is 0 Å². The van der Waals surface area contributed by atoms with Crippen LogP contribution in [0.25, 0.3) is 0 Å². The van der Waals surface area contributed by atoms with Gasteiger partial charge in [-0.1, -0.05) is 19.1 Å². The Bertz CT molecular complexity index is 414. The Kier molecular flexibility index (Phi) is 4.33. The van der Waals surface area contributed by atoms with Gasteiger partial charge in [0.2, 0.25) is 0 Å². The van der Waals surface area contributed by atoms with Gasteiger partial charge in [-0.2, -0.15) is 0 Å². The molecule has 0 saturated carbocycles. The van der Waals surface area contributed by atoms with Crippen molar-refractivity contribution in [3.05, 3.63) is 35.4 Å². The zero-order chi connectivity index (χ0) is 13.0. The van der Waals surface area contributed by atoms with Gasteiger partial charge in [0.05, 0.1) is 5.56 Å². The summed E-state index contributed by atoms with van der Waals surface area (Å²) in [4.78, 5) is 13.4. The lowest BCUT2D eigenvalue weighted by atomic mass is 9.98. The van der Waals surface area contributed by atoms with Gasteiger partial charge < -0.3 is 15.3 Å². The third-order valence-corrected chi connectivity index (χ3v) is 3.44. The van der Waals surface area contributed by atoms with Gasteiger partial charge in [-0.25, -0.2) is 4.79 Å². The Morgan fingerprint density at radius 3 is 2.83 bits per heavy atom. The highest BCUT2D eigenvalue weighted by Gasteiger charge is 2.15. The average Bonchev–Trinajstić information content (AvgIpc) is 2.40. The van der Waals surface area contributed by atoms with Crippen molar-refractivity contribution in [1.82, 2.24) is 10.2 Å². The molecule has 4 heteroatoms. The van der Waals surface area contributed by atoms with E-state index >= 15 is 0 Å². The van der Waals surface area contributed by atoms with E-state index in [9.17, 15) is 4.79 Å². The second kappa shape index (κ2) is 5.98. The second-order valence-corrected chi connectivity index (χ2v) is 4.88. The molecule has 18 heavy (non-hydrogen) atoms. The number of nitrogens with zero attached hydrogens (tertiary/aromatic N) is 1. The molecule has 1 heterocycles. The number of piperazine rings is 1. The van der Waals surface area contributed by atoms with Crippen molar-refractivity contribution >= 4 is 5.97 Å². The first-order chi connectivity index (χ1) is 8.66. The van der Waals surface area contributed by atoms with Gasteiger partial charge in [-0.15, -0.1) is 0 Å². The van der Waals surface area contributed by atoms with Crippen LogP contribution in [0.2, 0.25) is 0 Å². The Hall–Kier alpha value is -1.39. The SMILES string of the molecule is CC(CN1CCNCC1)c1cccc(C(=O)O)c1. The van der Waals surface area contributed by atoms with Crippen molar-refractivity contribution < 1.29 is 9.90 Å². The van der Waals surface area contributed by atoms with Gasteiger partial charge >= 0.3 is 5.97 Å². The maximum atomic E-state index is 10.9. The summed E-state index contributed by atoms with van der Waals surface area (Å²) in [6.07, 6.45) is 0. The van der Waals surface area contributed by atoms with Crippen molar-refractivity contribution in [2.75, 3.05) is 32.7 Å². The molecule has 0 amide bonds. The molecule has 0 bridgehead atoms. The minimum atomic E-state index is -0.855. The minimum absolute atomic E-state index is 0.363. The highest BCUT2D eigenvalue weighted by Crippen LogP contribution is 2.18. The Morgan fingerprint density at radius 1 is 1.44 bits per heavy atom. The highest BCUT2D eigenvalue weighted by atomic mass is 16.4. The van der Waals surface area contributed by atoms with Crippen LogP contribution in [-0.4, -0.2) is 48.7 Å². The average molecular weight is 248 g/mol. The topological polar surface area (TPSA) is 52.6 Å². The molecule has 1 atom stereocenters. The first kappa shape index (κ1) is 13.1. The minimum Gasteiger partial charge on any atom is -0.478 e. The van der Waals surface area contributed by atoms with E-state index in [4.69, 9.17) is 5.11 Å². The van der Waals surface area contributed by atoms with E-state index in [1.807, 2.05) is 12.1 Å². The third-order valence-electron chi connectivity index (χ3n) is 3.44. The normalized spacial score (nSPS) is 18.5. The molecule has 0 spiro atoms. The number of rotatable bonds is 4. The highest BCUT2D eigenvalue weighted by molar-refractivity contribution is 5.87. The van der Waals surface area contributed by atoms with Gasteiger partial charge in [-0.3, -0.25) is 0 Å². The van der Waals surface area contributed by atoms with E-state index in [0.717, 1.165) is 38.3 Å². The second-order valence-electron chi connectivity index (χ2n) is 4.88. The summed E-state index contributed by atoms with van der Waals surface area (Å²) in [5.74, 6) is -0.492. The van der Waals surface area contributed by atoms with Gasteiger partial charge in [0.15, 0.2) is 0 Å². The number of benzene rings is 1. The largest absolute Gasteiger partial charge is 0.478 e. The van der Waals surface area contributed by atoms with Crippen molar-refractivity contribution in [2.45, 2.75) is 12.8 Å². The maximum absolute atomic E-state index is 10.9. The Morgan fingerprint density at radius 2 is 2.17 bits per heavy atom. The Labute approximate surface area is 108 Å². The van der Waals surface area contributed by atoms with Crippen molar-refractivity contribution in [3.8, 4) is 0 Å². The van der Waals surface area contributed by atoms with Crippen molar-refractivity contribution in [3.63, 3.8) is 0 Å². The summed E-state index contributed by atoms with van der Waals surface area (Å²) >= 11 is 0. The lowest BCUT2D eigenvalue weighted by Gasteiger charge is -2.29. The van der Waals surface area contributed by atoms with Gasteiger partial charge in [0.25, 0.3) is 0 Å². The number of carbonyl (C=O) groups is 1. The van der Waals surface area contributed by atoms with E-state index in [2.05, 4.69) is 17.1 Å². The lowest BCUT2D eigenvalue weighted by molar-refractivity contribution is 0.0696. The molecular formula is C14H20N2O2. The van der Waals surface area contributed by atoms with Crippen LogP contribution in [0.1, 0.15) is 28.8 Å². The van der Waals surface area contributed by atoms with Crippen LogP contribution in [0.4, 0.5) is 0 Å². The summed E-state index contributed by atoms with van der Waals surface area (Å²) in [6, 6.07) is 7.27. The molecule has 2 N–H and O–H groups in total. The summed E-state index contributed by atoms with van der Waals surface area (Å²) in [5, 5.41) is 12.3. The summed E-state index contributed by atoms with van der Waals surface area (Å²) in [7, 11) is 0. The van der Waals surface area contributed by atoms with Crippen LogP contribution in [0, 0.1) is 0 Å². The zero-order valence-corrected chi connectivity index (χ0v) is 10.7. The molecule has 4 nitrogen and oxygen atoms in total. The first-order valence-corrected chi connectivity index (χ1v) is 6.43. The molecule has 1 aromatic carbocycles.